The first-order valence-corrected chi connectivity index (χ1v) is 15.7. The summed E-state index contributed by atoms with van der Waals surface area (Å²) < 4.78 is 0. The Morgan fingerprint density at radius 2 is 0.735 bits per heavy atom. The Balaban J connectivity index is 1.48. The molecule has 4 aromatic rings. The molecule has 0 bridgehead atoms. The van der Waals surface area contributed by atoms with Gasteiger partial charge in [0.2, 0.25) is 0 Å². The highest BCUT2D eigenvalue weighted by molar-refractivity contribution is 7.73. The average Bonchev–Trinajstić information content (AvgIpc) is 2.91. The summed E-state index contributed by atoms with van der Waals surface area (Å²) in [7, 11) is -0.605. The van der Waals surface area contributed by atoms with Crippen molar-refractivity contribution in [2.75, 3.05) is 12.3 Å². The van der Waals surface area contributed by atoms with Crippen molar-refractivity contribution in [1.29, 1.82) is 0 Å². The molecule has 0 fully saturated rings. The fourth-order valence-electron chi connectivity index (χ4n) is 4.71. The van der Waals surface area contributed by atoms with Crippen LogP contribution in [0.4, 0.5) is 0 Å². The van der Waals surface area contributed by atoms with E-state index in [0.717, 1.165) is 5.92 Å². The molecule has 0 spiro atoms. The summed E-state index contributed by atoms with van der Waals surface area (Å²) in [6.07, 6.45) is 7.80. The van der Waals surface area contributed by atoms with E-state index in [1.807, 2.05) is 0 Å². The molecule has 0 heterocycles. The fourth-order valence-corrected chi connectivity index (χ4v) is 9.71. The van der Waals surface area contributed by atoms with Gasteiger partial charge in [0.15, 0.2) is 0 Å². The van der Waals surface area contributed by atoms with Crippen LogP contribution in [0.3, 0.4) is 0 Å². The molecule has 0 radical (unpaired) electrons. The van der Waals surface area contributed by atoms with Gasteiger partial charge in [-0.3, -0.25) is 0 Å². The quantitative estimate of drug-likeness (QED) is 0.184. The lowest BCUT2D eigenvalue weighted by molar-refractivity contribution is 0.456. The standard InChI is InChI=1S/C32H36P2/c1-2-15-28(24-26-33(29-16-7-3-8-17-29)30-18-9-4-10-19-30)25-27-34(31-20-11-5-12-21-31)32-22-13-6-14-23-32/h3-14,16-23,28H,2,15,24-27H2,1H3. The number of hydrogen-bond acceptors (Lipinski definition) is 0. The van der Waals surface area contributed by atoms with Gasteiger partial charge in [0.1, 0.15) is 0 Å². The highest BCUT2D eigenvalue weighted by Crippen LogP contribution is 2.39. The number of hydrogen-bond donors (Lipinski definition) is 0. The third-order valence-corrected chi connectivity index (χ3v) is 11.6. The van der Waals surface area contributed by atoms with E-state index < -0.39 is 0 Å². The number of benzene rings is 4. The minimum absolute atomic E-state index is 0.303. The normalized spacial score (nSPS) is 11.4. The van der Waals surface area contributed by atoms with Gasteiger partial charge in [0, 0.05) is 0 Å². The Hall–Kier alpha value is -2.26. The van der Waals surface area contributed by atoms with Crippen molar-refractivity contribution in [2.45, 2.75) is 32.6 Å². The third kappa shape index (κ3) is 7.12. The molecule has 0 unspecified atom stereocenters. The summed E-state index contributed by atoms with van der Waals surface area (Å²) in [6, 6.07) is 44.8. The molecule has 4 aromatic carbocycles. The number of rotatable bonds is 12. The van der Waals surface area contributed by atoms with E-state index in [0.29, 0.717) is 0 Å². The van der Waals surface area contributed by atoms with E-state index in [9.17, 15) is 0 Å². The molecule has 0 saturated carbocycles. The zero-order valence-electron chi connectivity index (χ0n) is 20.3. The summed E-state index contributed by atoms with van der Waals surface area (Å²) >= 11 is 0. The predicted molar refractivity (Wildman–Crippen MR) is 156 cm³/mol. The monoisotopic (exact) mass is 482 g/mol. The van der Waals surface area contributed by atoms with E-state index in [1.165, 1.54) is 59.2 Å². The second-order valence-electron chi connectivity index (χ2n) is 8.88. The molecule has 0 saturated heterocycles. The van der Waals surface area contributed by atoms with Gasteiger partial charge in [0.25, 0.3) is 0 Å². The molecule has 0 amide bonds. The Kier molecular flexibility index (Phi) is 9.93. The van der Waals surface area contributed by atoms with E-state index in [1.54, 1.807) is 0 Å². The second-order valence-corrected chi connectivity index (χ2v) is 13.5. The molecule has 4 rings (SSSR count). The zero-order chi connectivity index (χ0) is 23.4. The Labute approximate surface area is 209 Å². The molecule has 0 aliphatic carbocycles. The highest BCUT2D eigenvalue weighted by atomic mass is 31.1. The first kappa shape index (κ1) is 24.9. The van der Waals surface area contributed by atoms with Crippen LogP contribution in [0.1, 0.15) is 32.6 Å². The molecule has 0 atom stereocenters. The van der Waals surface area contributed by atoms with Crippen LogP contribution in [0, 0.1) is 5.92 Å². The van der Waals surface area contributed by atoms with Crippen molar-refractivity contribution >= 4 is 37.1 Å². The van der Waals surface area contributed by atoms with Gasteiger partial charge in [-0.05, 0) is 68.1 Å². The minimum atomic E-state index is -0.303. The fraction of sp³-hybridized carbons (Fsp3) is 0.250. The van der Waals surface area contributed by atoms with Crippen LogP contribution in [0.5, 0.6) is 0 Å². The van der Waals surface area contributed by atoms with Crippen molar-refractivity contribution < 1.29 is 0 Å². The van der Waals surface area contributed by atoms with Gasteiger partial charge in [-0.15, -0.1) is 0 Å². The molecule has 0 aliphatic heterocycles. The third-order valence-electron chi connectivity index (χ3n) is 6.49. The highest BCUT2D eigenvalue weighted by Gasteiger charge is 2.19. The van der Waals surface area contributed by atoms with Crippen molar-refractivity contribution in [3.05, 3.63) is 121 Å². The molecule has 174 valence electrons. The predicted octanol–water partition coefficient (Wildman–Crippen LogP) is 7.45. The van der Waals surface area contributed by atoms with Crippen LogP contribution in [0.25, 0.3) is 0 Å². The summed E-state index contributed by atoms with van der Waals surface area (Å²) in [5.74, 6) is 0.792. The van der Waals surface area contributed by atoms with E-state index >= 15 is 0 Å². The Morgan fingerprint density at radius 3 is 1.00 bits per heavy atom. The lowest BCUT2D eigenvalue weighted by Crippen LogP contribution is -2.18. The van der Waals surface area contributed by atoms with Crippen molar-refractivity contribution in [3.8, 4) is 0 Å². The molecule has 0 nitrogen and oxygen atoms in total. The lowest BCUT2D eigenvalue weighted by Gasteiger charge is -2.25. The topological polar surface area (TPSA) is 0 Å². The van der Waals surface area contributed by atoms with Crippen LogP contribution in [-0.2, 0) is 0 Å². The van der Waals surface area contributed by atoms with Gasteiger partial charge in [0.05, 0.1) is 0 Å². The Bertz CT molecular complexity index is 899. The molecule has 2 heteroatoms. The van der Waals surface area contributed by atoms with E-state index in [2.05, 4.69) is 128 Å². The zero-order valence-corrected chi connectivity index (χ0v) is 22.1. The maximum Gasteiger partial charge on any atom is -0.0195 e. The van der Waals surface area contributed by atoms with Crippen molar-refractivity contribution in [2.24, 2.45) is 5.92 Å². The first-order chi connectivity index (χ1) is 16.8. The maximum absolute atomic E-state index is 2.35. The molecule has 34 heavy (non-hydrogen) atoms. The smallest absolute Gasteiger partial charge is 0.0195 e. The average molecular weight is 483 g/mol. The van der Waals surface area contributed by atoms with E-state index in [4.69, 9.17) is 0 Å². The van der Waals surface area contributed by atoms with Gasteiger partial charge in [-0.1, -0.05) is 141 Å². The van der Waals surface area contributed by atoms with Crippen LogP contribution in [0.2, 0.25) is 0 Å². The SMILES string of the molecule is CCCC(CCP(c1ccccc1)c1ccccc1)CCP(c1ccccc1)c1ccccc1. The van der Waals surface area contributed by atoms with Gasteiger partial charge in [-0.25, -0.2) is 0 Å². The maximum atomic E-state index is 2.35. The summed E-state index contributed by atoms with van der Waals surface area (Å²) in [4.78, 5) is 0. The Morgan fingerprint density at radius 1 is 0.441 bits per heavy atom. The molecular formula is C32H36P2. The minimum Gasteiger partial charge on any atom is -0.0654 e. The second kappa shape index (κ2) is 13.6. The molecule has 0 aliphatic rings. The molecule has 0 N–H and O–H groups in total. The van der Waals surface area contributed by atoms with E-state index in [-0.39, 0.29) is 15.8 Å². The summed E-state index contributed by atoms with van der Waals surface area (Å²) in [6.45, 7) is 2.35. The summed E-state index contributed by atoms with van der Waals surface area (Å²) in [5, 5.41) is 6.04. The lowest BCUT2D eigenvalue weighted by atomic mass is 9.98. The van der Waals surface area contributed by atoms with Gasteiger partial charge >= 0.3 is 0 Å². The summed E-state index contributed by atoms with van der Waals surface area (Å²) in [5.41, 5.74) is 0. The van der Waals surface area contributed by atoms with Crippen molar-refractivity contribution in [1.82, 2.24) is 0 Å². The first-order valence-electron chi connectivity index (χ1n) is 12.6. The van der Waals surface area contributed by atoms with Crippen molar-refractivity contribution in [3.63, 3.8) is 0 Å². The van der Waals surface area contributed by atoms with Gasteiger partial charge in [-0.2, -0.15) is 0 Å². The van der Waals surface area contributed by atoms with Crippen LogP contribution in [0.15, 0.2) is 121 Å². The largest absolute Gasteiger partial charge is 0.0654 e. The molecule has 0 aromatic heterocycles. The van der Waals surface area contributed by atoms with Crippen LogP contribution in [-0.4, -0.2) is 12.3 Å². The van der Waals surface area contributed by atoms with Gasteiger partial charge < -0.3 is 0 Å². The van der Waals surface area contributed by atoms with Crippen LogP contribution >= 0.6 is 15.8 Å². The molecular weight excluding hydrogens is 446 g/mol. The van der Waals surface area contributed by atoms with Crippen LogP contribution < -0.4 is 21.2 Å².